The molecule has 1 saturated heterocycles. The number of amides is 1. The molecule has 6 heteroatoms. The zero-order valence-electron chi connectivity index (χ0n) is 16.1. The number of rotatable bonds is 6. The number of carbonyl (C=O) groups is 1. The molecule has 1 unspecified atom stereocenters. The molecule has 0 radical (unpaired) electrons. The molecule has 4 rings (SSSR count). The van der Waals surface area contributed by atoms with E-state index in [1.807, 2.05) is 6.07 Å². The van der Waals surface area contributed by atoms with Crippen molar-refractivity contribution in [2.24, 2.45) is 5.92 Å². The van der Waals surface area contributed by atoms with Crippen molar-refractivity contribution < 1.29 is 4.79 Å². The Hall–Kier alpha value is -2.21. The van der Waals surface area contributed by atoms with Gasteiger partial charge in [0.2, 0.25) is 5.91 Å². The number of likely N-dealkylation sites (tertiary alicyclic amines) is 1. The third kappa shape index (κ3) is 4.05. The lowest BCUT2D eigenvalue weighted by Gasteiger charge is -2.31. The molecule has 1 amide bonds. The van der Waals surface area contributed by atoms with Crippen molar-refractivity contribution in [3.05, 3.63) is 47.5 Å². The van der Waals surface area contributed by atoms with Crippen LogP contribution in [-0.4, -0.2) is 45.2 Å². The van der Waals surface area contributed by atoms with Gasteiger partial charge in [0.05, 0.1) is 12.5 Å². The van der Waals surface area contributed by atoms with E-state index in [1.165, 1.54) is 11.1 Å². The van der Waals surface area contributed by atoms with Crippen molar-refractivity contribution in [1.29, 1.82) is 0 Å². The maximum atomic E-state index is 12.7. The third-order valence-electron chi connectivity index (χ3n) is 6.12. The Morgan fingerprint density at radius 2 is 2.04 bits per heavy atom. The van der Waals surface area contributed by atoms with E-state index in [4.69, 9.17) is 0 Å². The summed E-state index contributed by atoms with van der Waals surface area (Å²) in [6.45, 7) is 6.81. The van der Waals surface area contributed by atoms with E-state index in [0.29, 0.717) is 5.92 Å². The highest BCUT2D eigenvalue weighted by atomic mass is 16.1. The summed E-state index contributed by atoms with van der Waals surface area (Å²) >= 11 is 0. The SMILES string of the molecule is CCn1cnnc1CN1CCC(CNC(=O)C2CCc3ccccc32)CC1. The van der Waals surface area contributed by atoms with Gasteiger partial charge in [-0.1, -0.05) is 24.3 Å². The molecule has 1 N–H and O–H groups in total. The van der Waals surface area contributed by atoms with Crippen LogP contribution >= 0.6 is 0 Å². The molecule has 1 aliphatic carbocycles. The molecular weight excluding hydrogens is 338 g/mol. The third-order valence-corrected chi connectivity index (χ3v) is 6.12. The summed E-state index contributed by atoms with van der Waals surface area (Å²) in [4.78, 5) is 15.1. The van der Waals surface area contributed by atoms with Gasteiger partial charge in [-0.3, -0.25) is 9.69 Å². The van der Waals surface area contributed by atoms with Crippen LogP contribution in [0.25, 0.3) is 0 Å². The van der Waals surface area contributed by atoms with E-state index in [0.717, 1.165) is 64.2 Å². The molecule has 2 heterocycles. The van der Waals surface area contributed by atoms with Crippen LogP contribution in [0, 0.1) is 5.92 Å². The summed E-state index contributed by atoms with van der Waals surface area (Å²) in [6.07, 6.45) is 6.03. The minimum atomic E-state index is 0.0432. The standard InChI is InChI=1S/C21H29N5O/c1-2-26-15-23-24-20(26)14-25-11-9-16(10-12-25)13-22-21(27)19-8-7-17-5-3-4-6-18(17)19/h3-6,15-16,19H,2,7-14H2,1H3,(H,22,27). The van der Waals surface area contributed by atoms with Crippen LogP contribution in [0.3, 0.4) is 0 Å². The quantitative estimate of drug-likeness (QED) is 0.851. The summed E-state index contributed by atoms with van der Waals surface area (Å²) in [5.41, 5.74) is 2.57. The molecule has 2 aliphatic rings. The normalized spacial score (nSPS) is 20.6. The van der Waals surface area contributed by atoms with Crippen molar-refractivity contribution >= 4 is 5.91 Å². The lowest BCUT2D eigenvalue weighted by Crippen LogP contribution is -2.39. The summed E-state index contributed by atoms with van der Waals surface area (Å²) in [7, 11) is 0. The molecule has 6 nitrogen and oxygen atoms in total. The minimum absolute atomic E-state index is 0.0432. The molecule has 1 fully saturated rings. The highest BCUT2D eigenvalue weighted by Gasteiger charge is 2.29. The Morgan fingerprint density at radius 3 is 2.85 bits per heavy atom. The van der Waals surface area contributed by atoms with Crippen LogP contribution in [0.5, 0.6) is 0 Å². The number of nitrogens with zero attached hydrogens (tertiary/aromatic N) is 4. The monoisotopic (exact) mass is 367 g/mol. The maximum Gasteiger partial charge on any atom is 0.227 e. The van der Waals surface area contributed by atoms with E-state index in [1.54, 1.807) is 6.33 Å². The van der Waals surface area contributed by atoms with Gasteiger partial charge in [-0.25, -0.2) is 0 Å². The first-order valence-electron chi connectivity index (χ1n) is 10.2. The Bertz CT molecular complexity index is 778. The smallest absolute Gasteiger partial charge is 0.227 e. The Labute approximate surface area is 161 Å². The second-order valence-corrected chi connectivity index (χ2v) is 7.79. The summed E-state index contributed by atoms with van der Waals surface area (Å²) in [5.74, 6) is 1.87. The van der Waals surface area contributed by atoms with Crippen LogP contribution in [-0.2, 0) is 24.3 Å². The lowest BCUT2D eigenvalue weighted by molar-refractivity contribution is -0.122. The number of nitrogens with one attached hydrogen (secondary N) is 1. The maximum absolute atomic E-state index is 12.7. The fourth-order valence-corrected chi connectivity index (χ4v) is 4.41. The second-order valence-electron chi connectivity index (χ2n) is 7.79. The molecule has 0 spiro atoms. The van der Waals surface area contributed by atoms with E-state index in [-0.39, 0.29) is 11.8 Å². The van der Waals surface area contributed by atoms with Gasteiger partial charge in [0.25, 0.3) is 0 Å². The fraction of sp³-hybridized carbons (Fsp3) is 0.571. The fourth-order valence-electron chi connectivity index (χ4n) is 4.41. The second kappa shape index (κ2) is 8.21. The van der Waals surface area contributed by atoms with E-state index >= 15 is 0 Å². The van der Waals surface area contributed by atoms with Crippen molar-refractivity contribution in [3.63, 3.8) is 0 Å². The molecule has 0 bridgehead atoms. The molecule has 27 heavy (non-hydrogen) atoms. The van der Waals surface area contributed by atoms with Gasteiger partial charge in [0.1, 0.15) is 12.2 Å². The highest BCUT2D eigenvalue weighted by molar-refractivity contribution is 5.84. The van der Waals surface area contributed by atoms with Gasteiger partial charge in [-0.2, -0.15) is 0 Å². The van der Waals surface area contributed by atoms with Crippen molar-refractivity contribution in [3.8, 4) is 0 Å². The number of hydrogen-bond acceptors (Lipinski definition) is 4. The van der Waals surface area contributed by atoms with Crippen molar-refractivity contribution in [1.82, 2.24) is 25.0 Å². The topological polar surface area (TPSA) is 63.1 Å². The number of piperidine rings is 1. The van der Waals surface area contributed by atoms with Gasteiger partial charge in [-0.05, 0) is 62.7 Å². The van der Waals surface area contributed by atoms with Crippen LogP contribution < -0.4 is 5.32 Å². The average molecular weight is 367 g/mol. The minimum Gasteiger partial charge on any atom is -0.355 e. The molecule has 1 aliphatic heterocycles. The number of aryl methyl sites for hydroxylation is 2. The Morgan fingerprint density at radius 1 is 1.22 bits per heavy atom. The first-order chi connectivity index (χ1) is 13.2. The molecule has 0 saturated carbocycles. The molecule has 1 atom stereocenters. The first-order valence-corrected chi connectivity index (χ1v) is 10.2. The van der Waals surface area contributed by atoms with Crippen LogP contribution in [0.2, 0.25) is 0 Å². The number of aromatic nitrogens is 3. The molecular formula is C21H29N5O. The zero-order chi connectivity index (χ0) is 18.6. The highest BCUT2D eigenvalue weighted by Crippen LogP contribution is 2.33. The number of carbonyl (C=O) groups excluding carboxylic acids is 1. The number of hydrogen-bond donors (Lipinski definition) is 1. The molecule has 1 aromatic carbocycles. The largest absolute Gasteiger partial charge is 0.355 e. The Kier molecular flexibility index (Phi) is 5.53. The van der Waals surface area contributed by atoms with E-state index in [2.05, 4.69) is 50.1 Å². The zero-order valence-corrected chi connectivity index (χ0v) is 16.1. The predicted molar refractivity (Wildman–Crippen MR) is 104 cm³/mol. The van der Waals surface area contributed by atoms with Gasteiger partial charge in [-0.15, -0.1) is 10.2 Å². The van der Waals surface area contributed by atoms with E-state index < -0.39 is 0 Å². The average Bonchev–Trinajstić information content (AvgIpc) is 3.33. The summed E-state index contributed by atoms with van der Waals surface area (Å²) in [6, 6.07) is 8.37. The van der Waals surface area contributed by atoms with Crippen LogP contribution in [0.1, 0.15) is 49.1 Å². The molecule has 2 aromatic rings. The van der Waals surface area contributed by atoms with E-state index in [9.17, 15) is 4.79 Å². The van der Waals surface area contributed by atoms with Gasteiger partial charge >= 0.3 is 0 Å². The van der Waals surface area contributed by atoms with Crippen LogP contribution in [0.4, 0.5) is 0 Å². The number of benzene rings is 1. The lowest BCUT2D eigenvalue weighted by atomic mass is 9.95. The molecule has 144 valence electrons. The number of fused-ring (bicyclic) bond motifs is 1. The summed E-state index contributed by atoms with van der Waals surface area (Å²) in [5, 5.41) is 11.5. The van der Waals surface area contributed by atoms with Crippen molar-refractivity contribution in [2.45, 2.75) is 51.6 Å². The van der Waals surface area contributed by atoms with Gasteiger partial charge in [0.15, 0.2) is 0 Å². The first kappa shape index (κ1) is 18.2. The predicted octanol–water partition coefficient (Wildman–Crippen LogP) is 2.36. The molecule has 1 aromatic heterocycles. The van der Waals surface area contributed by atoms with Gasteiger partial charge in [0, 0.05) is 13.1 Å². The van der Waals surface area contributed by atoms with Gasteiger partial charge < -0.3 is 9.88 Å². The summed E-state index contributed by atoms with van der Waals surface area (Å²) < 4.78 is 2.10. The van der Waals surface area contributed by atoms with Crippen LogP contribution in [0.15, 0.2) is 30.6 Å². The Balaban J connectivity index is 1.22. The van der Waals surface area contributed by atoms with Crippen molar-refractivity contribution in [2.75, 3.05) is 19.6 Å².